The monoisotopic (exact) mass is 271 g/mol. The van der Waals surface area contributed by atoms with Gasteiger partial charge >= 0.3 is 0 Å². The molecule has 1 aromatic rings. The van der Waals surface area contributed by atoms with Gasteiger partial charge in [0.2, 0.25) is 0 Å². The average Bonchev–Trinajstić information content (AvgIpc) is 3.02. The molecule has 107 valence electrons. The van der Waals surface area contributed by atoms with E-state index in [1.165, 1.54) is 31.8 Å². The van der Waals surface area contributed by atoms with Gasteiger partial charge in [-0.1, -0.05) is 12.1 Å². The molecule has 4 nitrogen and oxygen atoms in total. The number of benzene rings is 1. The molecule has 0 saturated carbocycles. The Bertz CT molecular complexity index is 431. The van der Waals surface area contributed by atoms with Crippen LogP contribution in [0.1, 0.15) is 12.8 Å². The quantitative estimate of drug-likeness (QED) is 0.872. The molecule has 1 aromatic carbocycles. The van der Waals surface area contributed by atoms with E-state index in [1.54, 1.807) is 0 Å². The highest BCUT2D eigenvalue weighted by Gasteiger charge is 2.16. The molecule has 0 bridgehead atoms. The zero-order chi connectivity index (χ0) is 13.6. The van der Waals surface area contributed by atoms with Crippen molar-refractivity contribution in [3.05, 3.63) is 42.4 Å². The van der Waals surface area contributed by atoms with Gasteiger partial charge < -0.3 is 20.4 Å². The number of rotatable bonds is 4. The van der Waals surface area contributed by atoms with Crippen LogP contribution in [0.3, 0.4) is 0 Å². The van der Waals surface area contributed by atoms with Gasteiger partial charge in [0.15, 0.2) is 0 Å². The fraction of sp³-hybridized carbons (Fsp3) is 0.500. The molecule has 2 aliphatic rings. The Morgan fingerprint density at radius 1 is 1.10 bits per heavy atom. The molecule has 0 amide bonds. The predicted octanol–water partition coefficient (Wildman–Crippen LogP) is 1.70. The third-order valence-electron chi connectivity index (χ3n) is 3.89. The summed E-state index contributed by atoms with van der Waals surface area (Å²) >= 11 is 0. The summed E-state index contributed by atoms with van der Waals surface area (Å²) in [5.74, 6) is 1.22. The zero-order valence-corrected chi connectivity index (χ0v) is 11.9. The number of nitrogens with one attached hydrogen (secondary N) is 2. The Morgan fingerprint density at radius 3 is 2.50 bits per heavy atom. The minimum absolute atomic E-state index is 1.06. The highest BCUT2D eigenvalue weighted by Crippen LogP contribution is 2.16. The van der Waals surface area contributed by atoms with E-state index in [-0.39, 0.29) is 0 Å². The summed E-state index contributed by atoms with van der Waals surface area (Å²) in [6.07, 6.45) is 4.92. The molecule has 1 radical (unpaired) electrons. The summed E-state index contributed by atoms with van der Waals surface area (Å²) in [7, 11) is 0. The van der Waals surface area contributed by atoms with Gasteiger partial charge in [-0.25, -0.2) is 0 Å². The van der Waals surface area contributed by atoms with Crippen LogP contribution in [0, 0.1) is 6.07 Å². The summed E-state index contributed by atoms with van der Waals surface area (Å²) in [6, 6.07) is 11.1. The minimum Gasteiger partial charge on any atom is -0.374 e. The second-order valence-corrected chi connectivity index (χ2v) is 5.41. The number of nitrogens with zero attached hydrogens (tertiary/aromatic N) is 2. The molecule has 2 fully saturated rings. The molecule has 0 atom stereocenters. The van der Waals surface area contributed by atoms with Crippen LogP contribution in [0.15, 0.2) is 36.3 Å². The van der Waals surface area contributed by atoms with Crippen LogP contribution in [0.4, 0.5) is 5.69 Å². The van der Waals surface area contributed by atoms with E-state index in [1.807, 2.05) is 12.1 Å². The maximum absolute atomic E-state index is 3.57. The van der Waals surface area contributed by atoms with Crippen LogP contribution in [0.5, 0.6) is 0 Å². The molecule has 0 aromatic heterocycles. The van der Waals surface area contributed by atoms with Crippen molar-refractivity contribution in [2.75, 3.05) is 44.6 Å². The fourth-order valence-electron chi connectivity index (χ4n) is 2.76. The van der Waals surface area contributed by atoms with Crippen molar-refractivity contribution in [2.24, 2.45) is 0 Å². The predicted molar refractivity (Wildman–Crippen MR) is 82.2 cm³/mol. The SMILES string of the molecule is [c]1ccc(N/C(=C/N2CCCC2)N2CCNCC2)cc1. The summed E-state index contributed by atoms with van der Waals surface area (Å²) < 4.78 is 0. The topological polar surface area (TPSA) is 30.5 Å². The van der Waals surface area contributed by atoms with E-state index in [9.17, 15) is 0 Å². The van der Waals surface area contributed by atoms with Crippen LogP contribution in [0.25, 0.3) is 0 Å². The Labute approximate surface area is 121 Å². The lowest BCUT2D eigenvalue weighted by atomic mass is 10.3. The lowest BCUT2D eigenvalue weighted by molar-refractivity contribution is 0.293. The minimum atomic E-state index is 1.06. The van der Waals surface area contributed by atoms with Gasteiger partial charge in [-0.3, -0.25) is 0 Å². The molecule has 20 heavy (non-hydrogen) atoms. The second-order valence-electron chi connectivity index (χ2n) is 5.41. The fourth-order valence-corrected chi connectivity index (χ4v) is 2.76. The largest absolute Gasteiger partial charge is 0.374 e. The Morgan fingerprint density at radius 2 is 1.80 bits per heavy atom. The number of piperazine rings is 1. The zero-order valence-electron chi connectivity index (χ0n) is 11.9. The van der Waals surface area contributed by atoms with Gasteiger partial charge in [0.05, 0.1) is 0 Å². The third kappa shape index (κ3) is 3.45. The van der Waals surface area contributed by atoms with Crippen molar-refractivity contribution in [3.63, 3.8) is 0 Å². The Kier molecular flexibility index (Phi) is 4.43. The van der Waals surface area contributed by atoms with E-state index in [0.717, 1.165) is 31.9 Å². The van der Waals surface area contributed by atoms with Gasteiger partial charge in [0.25, 0.3) is 0 Å². The highest BCUT2D eigenvalue weighted by molar-refractivity contribution is 5.47. The molecular weight excluding hydrogens is 248 g/mol. The second kappa shape index (κ2) is 6.66. The summed E-state index contributed by atoms with van der Waals surface area (Å²) in [5.41, 5.74) is 1.13. The number of hydrogen-bond donors (Lipinski definition) is 2. The lowest BCUT2D eigenvalue weighted by Crippen LogP contribution is -2.44. The van der Waals surface area contributed by atoms with Crippen molar-refractivity contribution in [1.82, 2.24) is 15.1 Å². The van der Waals surface area contributed by atoms with Gasteiger partial charge in [-0.05, 0) is 31.0 Å². The number of hydrogen-bond acceptors (Lipinski definition) is 4. The first kappa shape index (κ1) is 13.3. The normalized spacial score (nSPS) is 20.3. The molecule has 2 heterocycles. The van der Waals surface area contributed by atoms with Crippen LogP contribution >= 0.6 is 0 Å². The van der Waals surface area contributed by atoms with Gasteiger partial charge in [-0.15, -0.1) is 0 Å². The van der Waals surface area contributed by atoms with Crippen molar-refractivity contribution in [2.45, 2.75) is 12.8 Å². The first-order valence-corrected chi connectivity index (χ1v) is 7.56. The molecule has 3 rings (SSSR count). The average molecular weight is 271 g/mol. The Balaban J connectivity index is 1.75. The number of likely N-dealkylation sites (tertiary alicyclic amines) is 1. The van der Waals surface area contributed by atoms with Crippen LogP contribution in [-0.4, -0.2) is 49.1 Å². The van der Waals surface area contributed by atoms with Crippen LogP contribution in [-0.2, 0) is 0 Å². The van der Waals surface area contributed by atoms with Crippen LogP contribution in [0.2, 0.25) is 0 Å². The lowest BCUT2D eigenvalue weighted by Gasteiger charge is -2.33. The van der Waals surface area contributed by atoms with Crippen molar-refractivity contribution < 1.29 is 0 Å². The first-order chi connectivity index (χ1) is 9.92. The van der Waals surface area contributed by atoms with Gasteiger partial charge in [0.1, 0.15) is 5.82 Å². The molecule has 2 aliphatic heterocycles. The molecule has 0 unspecified atom stereocenters. The van der Waals surface area contributed by atoms with E-state index in [2.05, 4.69) is 44.8 Å². The van der Waals surface area contributed by atoms with Gasteiger partial charge in [0, 0.05) is 51.2 Å². The van der Waals surface area contributed by atoms with Crippen LogP contribution < -0.4 is 10.6 Å². The summed E-state index contributed by atoms with van der Waals surface area (Å²) in [4.78, 5) is 4.87. The van der Waals surface area contributed by atoms with Crippen molar-refractivity contribution in [3.8, 4) is 0 Å². The maximum Gasteiger partial charge on any atom is 0.122 e. The van der Waals surface area contributed by atoms with Gasteiger partial charge in [-0.2, -0.15) is 0 Å². The molecule has 4 heteroatoms. The Hall–Kier alpha value is -1.68. The summed E-state index contributed by atoms with van der Waals surface area (Å²) in [6.45, 7) is 6.60. The molecule has 2 saturated heterocycles. The van der Waals surface area contributed by atoms with E-state index < -0.39 is 0 Å². The standard InChI is InChI=1S/C16H23N4/c1-2-6-15(7-3-1)18-16(14-19-10-4-5-11-19)20-12-8-17-9-13-20/h2-3,6-7,14,17-18H,4-5,8-13H2/b16-14-. The third-order valence-corrected chi connectivity index (χ3v) is 3.89. The smallest absolute Gasteiger partial charge is 0.122 e. The maximum atomic E-state index is 3.57. The van der Waals surface area contributed by atoms with Crippen molar-refractivity contribution in [1.29, 1.82) is 0 Å². The molecular formula is C16H23N4. The van der Waals surface area contributed by atoms with E-state index in [0.29, 0.717) is 0 Å². The van der Waals surface area contributed by atoms with Crippen molar-refractivity contribution >= 4 is 5.69 Å². The molecule has 0 aliphatic carbocycles. The molecule has 2 N–H and O–H groups in total. The number of anilines is 1. The molecule has 0 spiro atoms. The van der Waals surface area contributed by atoms with E-state index >= 15 is 0 Å². The first-order valence-electron chi connectivity index (χ1n) is 7.56. The summed E-state index contributed by atoms with van der Waals surface area (Å²) in [5, 5.41) is 6.99. The van der Waals surface area contributed by atoms with E-state index in [4.69, 9.17) is 0 Å². The highest BCUT2D eigenvalue weighted by atomic mass is 15.3.